The number of halogens is 2. The molecular weight excluding hydrogens is 332 g/mol. The fourth-order valence-corrected chi connectivity index (χ4v) is 2.76. The van der Waals surface area contributed by atoms with E-state index in [2.05, 4.69) is 24.8 Å². The summed E-state index contributed by atoms with van der Waals surface area (Å²) in [5, 5.41) is 4.05. The first kappa shape index (κ1) is 15.6. The number of aromatic nitrogens is 2. The Bertz CT molecular complexity index is 927. The van der Waals surface area contributed by atoms with Gasteiger partial charge >= 0.3 is 6.29 Å². The van der Waals surface area contributed by atoms with Crippen LogP contribution in [0.1, 0.15) is 0 Å². The minimum atomic E-state index is -3.63. The molecule has 0 bridgehead atoms. The van der Waals surface area contributed by atoms with Gasteiger partial charge in [0.25, 0.3) is 0 Å². The fourth-order valence-electron chi connectivity index (χ4n) is 2.76. The van der Waals surface area contributed by atoms with Crippen molar-refractivity contribution in [3.63, 3.8) is 0 Å². The van der Waals surface area contributed by atoms with Crippen molar-refractivity contribution in [3.05, 3.63) is 36.5 Å². The standard InChI is InChI=1S/C17H15F2N3O3/c1-23-7-6-20-15-9-12(11-4-5-21-16(11)22-15)10-2-3-13-14(8-10)25-17(18,19)24-13/h2-5,8-9H,6-7H2,1H3,(H2,20,21,22). The molecule has 2 N–H and O–H groups in total. The van der Waals surface area contributed by atoms with Crippen LogP contribution in [0.25, 0.3) is 22.2 Å². The molecule has 2 aromatic heterocycles. The predicted molar refractivity (Wildman–Crippen MR) is 88.1 cm³/mol. The van der Waals surface area contributed by atoms with E-state index in [0.717, 1.165) is 16.5 Å². The van der Waals surface area contributed by atoms with E-state index in [0.29, 0.717) is 24.6 Å². The number of alkyl halides is 2. The molecule has 25 heavy (non-hydrogen) atoms. The molecule has 0 atom stereocenters. The lowest BCUT2D eigenvalue weighted by Gasteiger charge is -2.10. The van der Waals surface area contributed by atoms with Crippen molar-refractivity contribution in [2.24, 2.45) is 0 Å². The first-order valence-electron chi connectivity index (χ1n) is 7.67. The Morgan fingerprint density at radius 2 is 2.04 bits per heavy atom. The highest BCUT2D eigenvalue weighted by molar-refractivity contribution is 5.95. The van der Waals surface area contributed by atoms with E-state index >= 15 is 0 Å². The Kier molecular flexibility index (Phi) is 3.69. The van der Waals surface area contributed by atoms with Crippen LogP contribution in [-0.4, -0.2) is 36.5 Å². The maximum absolute atomic E-state index is 13.2. The van der Waals surface area contributed by atoms with Crippen LogP contribution >= 0.6 is 0 Å². The third-order valence-corrected chi connectivity index (χ3v) is 3.85. The largest absolute Gasteiger partial charge is 0.586 e. The van der Waals surface area contributed by atoms with Crippen LogP contribution in [0, 0.1) is 0 Å². The van der Waals surface area contributed by atoms with Crippen LogP contribution < -0.4 is 14.8 Å². The van der Waals surface area contributed by atoms with Gasteiger partial charge in [-0.05, 0) is 35.4 Å². The van der Waals surface area contributed by atoms with Crippen LogP contribution in [0.4, 0.5) is 14.6 Å². The lowest BCUT2D eigenvalue weighted by molar-refractivity contribution is -0.286. The zero-order chi connectivity index (χ0) is 17.4. The fraction of sp³-hybridized carbons (Fsp3) is 0.235. The average Bonchev–Trinajstić information content (AvgIpc) is 3.15. The van der Waals surface area contributed by atoms with Crippen molar-refractivity contribution in [1.29, 1.82) is 0 Å². The molecule has 1 aliphatic rings. The smallest absolute Gasteiger partial charge is 0.395 e. The summed E-state index contributed by atoms with van der Waals surface area (Å²) < 4.78 is 40.5. The first-order chi connectivity index (χ1) is 12.1. The lowest BCUT2D eigenvalue weighted by atomic mass is 10.0. The minimum Gasteiger partial charge on any atom is -0.395 e. The predicted octanol–water partition coefficient (Wildman–Crippen LogP) is 3.61. The van der Waals surface area contributed by atoms with E-state index in [-0.39, 0.29) is 11.5 Å². The second-order valence-corrected chi connectivity index (χ2v) is 5.54. The molecule has 1 aromatic carbocycles. The van der Waals surface area contributed by atoms with Crippen LogP contribution in [0.2, 0.25) is 0 Å². The van der Waals surface area contributed by atoms with E-state index in [1.807, 2.05) is 12.1 Å². The number of hydrogen-bond acceptors (Lipinski definition) is 5. The molecule has 0 amide bonds. The van der Waals surface area contributed by atoms with Gasteiger partial charge in [0.05, 0.1) is 6.61 Å². The molecule has 0 aliphatic carbocycles. The monoisotopic (exact) mass is 347 g/mol. The molecule has 6 nitrogen and oxygen atoms in total. The second-order valence-electron chi connectivity index (χ2n) is 5.54. The highest BCUT2D eigenvalue weighted by Gasteiger charge is 2.43. The quantitative estimate of drug-likeness (QED) is 0.690. The molecular formula is C17H15F2N3O3. The Balaban J connectivity index is 1.75. The number of fused-ring (bicyclic) bond motifs is 2. The van der Waals surface area contributed by atoms with Crippen LogP contribution in [0.5, 0.6) is 11.5 Å². The molecule has 3 heterocycles. The number of rotatable bonds is 5. The molecule has 8 heteroatoms. The van der Waals surface area contributed by atoms with Crippen molar-refractivity contribution < 1.29 is 23.0 Å². The summed E-state index contributed by atoms with van der Waals surface area (Å²) in [7, 11) is 1.62. The van der Waals surface area contributed by atoms with E-state index in [4.69, 9.17) is 4.74 Å². The van der Waals surface area contributed by atoms with E-state index in [1.165, 1.54) is 12.1 Å². The summed E-state index contributed by atoms with van der Waals surface area (Å²) in [4.78, 5) is 7.56. The summed E-state index contributed by atoms with van der Waals surface area (Å²) in [6, 6.07) is 8.47. The van der Waals surface area contributed by atoms with Gasteiger partial charge in [0, 0.05) is 25.2 Å². The topological polar surface area (TPSA) is 68.4 Å². The second kappa shape index (κ2) is 5.89. The van der Waals surface area contributed by atoms with Crippen molar-refractivity contribution in [1.82, 2.24) is 9.97 Å². The SMILES string of the molecule is COCCNc1cc(-c2ccc3c(c2)OC(F)(F)O3)c2cc[nH]c2n1. The number of methoxy groups -OCH3 is 1. The number of H-pyrrole nitrogens is 1. The van der Waals surface area contributed by atoms with Gasteiger partial charge in [-0.2, -0.15) is 0 Å². The van der Waals surface area contributed by atoms with Crippen molar-refractivity contribution in [2.75, 3.05) is 25.6 Å². The van der Waals surface area contributed by atoms with Gasteiger partial charge in [0.2, 0.25) is 0 Å². The van der Waals surface area contributed by atoms with Crippen LogP contribution in [0.15, 0.2) is 36.5 Å². The minimum absolute atomic E-state index is 0.0110. The molecule has 130 valence electrons. The molecule has 4 rings (SSSR count). The molecule has 3 aromatic rings. The zero-order valence-electron chi connectivity index (χ0n) is 13.3. The highest BCUT2D eigenvalue weighted by Crippen LogP contribution is 2.43. The Hall–Kier alpha value is -2.87. The third kappa shape index (κ3) is 2.96. The summed E-state index contributed by atoms with van der Waals surface area (Å²) in [6.45, 7) is 1.14. The zero-order valence-corrected chi connectivity index (χ0v) is 13.3. The number of pyridine rings is 1. The molecule has 0 radical (unpaired) electrons. The van der Waals surface area contributed by atoms with Crippen molar-refractivity contribution in [2.45, 2.75) is 6.29 Å². The van der Waals surface area contributed by atoms with E-state index in [1.54, 1.807) is 19.4 Å². The van der Waals surface area contributed by atoms with Gasteiger partial charge < -0.3 is 24.5 Å². The Morgan fingerprint density at radius 3 is 2.88 bits per heavy atom. The highest BCUT2D eigenvalue weighted by atomic mass is 19.3. The number of anilines is 1. The summed E-state index contributed by atoms with van der Waals surface area (Å²) in [5.74, 6) is 0.688. The van der Waals surface area contributed by atoms with Gasteiger partial charge in [-0.3, -0.25) is 0 Å². The maximum atomic E-state index is 13.2. The van der Waals surface area contributed by atoms with Gasteiger partial charge in [-0.1, -0.05) is 6.07 Å². The number of nitrogens with zero attached hydrogens (tertiary/aromatic N) is 1. The lowest BCUT2D eigenvalue weighted by Crippen LogP contribution is -2.25. The first-order valence-corrected chi connectivity index (χ1v) is 7.67. The van der Waals surface area contributed by atoms with Gasteiger partial charge in [0.1, 0.15) is 11.5 Å². The number of aromatic amines is 1. The van der Waals surface area contributed by atoms with E-state index in [9.17, 15) is 8.78 Å². The molecule has 0 saturated carbocycles. The maximum Gasteiger partial charge on any atom is 0.586 e. The Morgan fingerprint density at radius 1 is 1.20 bits per heavy atom. The molecule has 0 fully saturated rings. The average molecular weight is 347 g/mol. The van der Waals surface area contributed by atoms with E-state index < -0.39 is 6.29 Å². The normalized spacial score (nSPS) is 14.8. The number of ether oxygens (including phenoxy) is 3. The summed E-state index contributed by atoms with van der Waals surface area (Å²) in [5.41, 5.74) is 2.26. The van der Waals surface area contributed by atoms with Gasteiger partial charge in [-0.25, -0.2) is 4.98 Å². The molecule has 0 spiro atoms. The molecule has 0 saturated heterocycles. The number of hydrogen-bond donors (Lipinski definition) is 2. The van der Waals surface area contributed by atoms with Crippen molar-refractivity contribution >= 4 is 16.9 Å². The van der Waals surface area contributed by atoms with Crippen LogP contribution in [-0.2, 0) is 4.74 Å². The van der Waals surface area contributed by atoms with Crippen molar-refractivity contribution in [3.8, 4) is 22.6 Å². The molecule has 0 unspecified atom stereocenters. The van der Waals surface area contributed by atoms with Gasteiger partial charge in [0.15, 0.2) is 11.5 Å². The summed E-state index contributed by atoms with van der Waals surface area (Å²) >= 11 is 0. The van der Waals surface area contributed by atoms with Crippen LogP contribution in [0.3, 0.4) is 0 Å². The van der Waals surface area contributed by atoms with Gasteiger partial charge in [-0.15, -0.1) is 8.78 Å². The number of benzene rings is 1. The summed E-state index contributed by atoms with van der Waals surface area (Å²) in [6.07, 6.45) is -1.85. The molecule has 1 aliphatic heterocycles. The Labute approximate surface area is 141 Å². The third-order valence-electron chi connectivity index (χ3n) is 3.85. The number of nitrogens with one attached hydrogen (secondary N) is 2.